The van der Waals surface area contributed by atoms with Crippen LogP contribution in [0.4, 0.5) is 0 Å². The summed E-state index contributed by atoms with van der Waals surface area (Å²) in [5.41, 5.74) is 1.11. The largest absolute Gasteiger partial charge is 0.466 e. The second-order valence-corrected chi connectivity index (χ2v) is 7.53. The molecule has 2 aliphatic rings. The van der Waals surface area contributed by atoms with Gasteiger partial charge in [0.15, 0.2) is 5.96 Å². The molecule has 1 unspecified atom stereocenters. The molecule has 0 spiro atoms. The summed E-state index contributed by atoms with van der Waals surface area (Å²) in [6.07, 6.45) is 5.53. The summed E-state index contributed by atoms with van der Waals surface area (Å²) in [4.78, 5) is 19.3. The molecule has 1 aromatic rings. The summed E-state index contributed by atoms with van der Waals surface area (Å²) in [6.45, 7) is 9.04. The van der Waals surface area contributed by atoms with E-state index >= 15 is 0 Å². The van der Waals surface area contributed by atoms with E-state index in [0.717, 1.165) is 61.9 Å². The van der Waals surface area contributed by atoms with Gasteiger partial charge in [-0.2, -0.15) is 0 Å². The van der Waals surface area contributed by atoms with Crippen LogP contribution < -0.4 is 10.6 Å². The van der Waals surface area contributed by atoms with E-state index in [1.54, 1.807) is 0 Å². The molecule has 1 saturated carbocycles. The lowest BCUT2D eigenvalue weighted by Crippen LogP contribution is -2.45. The lowest BCUT2D eigenvalue weighted by Gasteiger charge is -2.21. The maximum Gasteiger partial charge on any atom is 0.225 e. The van der Waals surface area contributed by atoms with Crippen molar-refractivity contribution in [3.8, 4) is 0 Å². The Hall–Kier alpha value is -1.25. The number of carbonyl (C=O) groups is 1. The minimum absolute atomic E-state index is 0. The molecule has 0 aromatic carbocycles. The van der Waals surface area contributed by atoms with Gasteiger partial charge in [-0.25, -0.2) is 4.99 Å². The number of amides is 1. The topological polar surface area (TPSA) is 69.9 Å². The van der Waals surface area contributed by atoms with E-state index in [1.807, 2.05) is 24.8 Å². The maximum absolute atomic E-state index is 12.6. The third-order valence-electron chi connectivity index (χ3n) is 5.44. The van der Waals surface area contributed by atoms with Crippen LogP contribution in [0.25, 0.3) is 0 Å². The van der Waals surface area contributed by atoms with Crippen LogP contribution in [0.1, 0.15) is 56.1 Å². The first kappa shape index (κ1) is 22.0. The number of aliphatic imine (C=N–C) groups is 1. The predicted molar refractivity (Wildman–Crippen MR) is 118 cm³/mol. The van der Waals surface area contributed by atoms with Crippen molar-refractivity contribution in [2.45, 2.75) is 65.5 Å². The number of hydrogen-bond acceptors (Lipinski definition) is 3. The summed E-state index contributed by atoms with van der Waals surface area (Å²) in [7, 11) is 0. The number of likely N-dealkylation sites (tertiary alicyclic amines) is 1. The highest BCUT2D eigenvalue weighted by Gasteiger charge is 2.32. The molecule has 27 heavy (non-hydrogen) atoms. The highest BCUT2D eigenvalue weighted by atomic mass is 127. The maximum atomic E-state index is 12.6. The first-order valence-electron chi connectivity index (χ1n) is 9.96. The van der Waals surface area contributed by atoms with Crippen molar-refractivity contribution in [2.75, 3.05) is 19.6 Å². The Bertz CT molecular complexity index is 652. The van der Waals surface area contributed by atoms with Gasteiger partial charge in [-0.1, -0.05) is 12.8 Å². The standard InChI is InChI=1S/C20H32N4O2.HI/c1-4-21-20(22-12-17-11-14(2)26-15(17)3)23-18-9-10-24(13-18)19(25)16-7-5-6-8-16;/h11,16,18H,4-10,12-13H2,1-3H3,(H2,21,22,23);1H. The van der Waals surface area contributed by atoms with Gasteiger partial charge in [-0.3, -0.25) is 4.79 Å². The molecule has 1 aromatic heterocycles. The quantitative estimate of drug-likeness (QED) is 0.379. The second kappa shape index (κ2) is 10.3. The second-order valence-electron chi connectivity index (χ2n) is 7.53. The van der Waals surface area contributed by atoms with E-state index in [0.29, 0.717) is 12.5 Å². The molecule has 7 heteroatoms. The van der Waals surface area contributed by atoms with E-state index in [2.05, 4.69) is 17.6 Å². The van der Waals surface area contributed by atoms with Crippen LogP contribution in [0.5, 0.6) is 0 Å². The lowest BCUT2D eigenvalue weighted by molar-refractivity contribution is -0.134. The summed E-state index contributed by atoms with van der Waals surface area (Å²) in [5.74, 6) is 3.28. The Kier molecular flexibility index (Phi) is 8.44. The fourth-order valence-corrected chi connectivity index (χ4v) is 4.03. The van der Waals surface area contributed by atoms with Crippen molar-refractivity contribution in [2.24, 2.45) is 10.9 Å². The fourth-order valence-electron chi connectivity index (χ4n) is 4.03. The Morgan fingerprint density at radius 1 is 1.30 bits per heavy atom. The van der Waals surface area contributed by atoms with Gasteiger partial charge in [0.25, 0.3) is 0 Å². The normalized spacial score (nSPS) is 20.6. The zero-order valence-corrected chi connectivity index (χ0v) is 19.0. The molecule has 2 heterocycles. The predicted octanol–water partition coefficient (Wildman–Crippen LogP) is 3.36. The van der Waals surface area contributed by atoms with Crippen LogP contribution in [0, 0.1) is 19.8 Å². The number of nitrogens with zero attached hydrogens (tertiary/aromatic N) is 2. The highest BCUT2D eigenvalue weighted by Crippen LogP contribution is 2.27. The number of nitrogens with one attached hydrogen (secondary N) is 2. The Labute approximate surface area is 179 Å². The molecular weight excluding hydrogens is 455 g/mol. The number of furan rings is 1. The smallest absolute Gasteiger partial charge is 0.225 e. The monoisotopic (exact) mass is 488 g/mol. The van der Waals surface area contributed by atoms with Crippen molar-refractivity contribution in [1.29, 1.82) is 0 Å². The zero-order chi connectivity index (χ0) is 18.5. The molecule has 1 amide bonds. The number of aryl methyl sites for hydroxylation is 2. The van der Waals surface area contributed by atoms with Gasteiger partial charge in [0.2, 0.25) is 5.91 Å². The summed E-state index contributed by atoms with van der Waals surface area (Å²) >= 11 is 0. The van der Waals surface area contributed by atoms with Crippen LogP contribution in [0.2, 0.25) is 0 Å². The molecule has 0 radical (unpaired) electrons. The highest BCUT2D eigenvalue weighted by molar-refractivity contribution is 14.0. The summed E-state index contributed by atoms with van der Waals surface area (Å²) < 4.78 is 5.58. The van der Waals surface area contributed by atoms with E-state index in [1.165, 1.54) is 12.8 Å². The Morgan fingerprint density at radius 3 is 2.67 bits per heavy atom. The van der Waals surface area contributed by atoms with Crippen LogP contribution in [-0.4, -0.2) is 42.4 Å². The van der Waals surface area contributed by atoms with Crippen molar-refractivity contribution < 1.29 is 9.21 Å². The molecule has 6 nitrogen and oxygen atoms in total. The Morgan fingerprint density at radius 2 is 2.04 bits per heavy atom. The molecule has 2 N–H and O–H groups in total. The third kappa shape index (κ3) is 5.86. The van der Waals surface area contributed by atoms with Crippen LogP contribution in [0.3, 0.4) is 0 Å². The van der Waals surface area contributed by atoms with Crippen molar-refractivity contribution in [1.82, 2.24) is 15.5 Å². The number of guanidine groups is 1. The average Bonchev–Trinajstić information content (AvgIpc) is 3.34. The van der Waals surface area contributed by atoms with Gasteiger partial charge in [-0.15, -0.1) is 24.0 Å². The summed E-state index contributed by atoms with van der Waals surface area (Å²) in [5, 5.41) is 6.81. The van der Waals surface area contributed by atoms with Gasteiger partial charge in [0.1, 0.15) is 11.5 Å². The molecule has 3 rings (SSSR count). The van der Waals surface area contributed by atoms with Crippen molar-refractivity contribution in [3.05, 3.63) is 23.2 Å². The summed E-state index contributed by atoms with van der Waals surface area (Å²) in [6, 6.07) is 2.31. The fraction of sp³-hybridized carbons (Fsp3) is 0.700. The van der Waals surface area contributed by atoms with E-state index in [4.69, 9.17) is 9.41 Å². The average molecular weight is 488 g/mol. The van der Waals surface area contributed by atoms with E-state index in [9.17, 15) is 4.79 Å². The van der Waals surface area contributed by atoms with Gasteiger partial charge in [0, 0.05) is 37.2 Å². The van der Waals surface area contributed by atoms with E-state index in [-0.39, 0.29) is 35.9 Å². The van der Waals surface area contributed by atoms with Gasteiger partial charge in [0.05, 0.1) is 6.54 Å². The zero-order valence-electron chi connectivity index (χ0n) is 16.7. The number of halogens is 1. The number of hydrogen-bond donors (Lipinski definition) is 2. The number of rotatable bonds is 5. The first-order valence-corrected chi connectivity index (χ1v) is 9.96. The molecular formula is C20H33IN4O2. The van der Waals surface area contributed by atoms with Crippen molar-refractivity contribution >= 4 is 35.8 Å². The van der Waals surface area contributed by atoms with E-state index < -0.39 is 0 Å². The lowest BCUT2D eigenvalue weighted by atomic mass is 10.1. The molecule has 1 atom stereocenters. The van der Waals surface area contributed by atoms with Crippen LogP contribution >= 0.6 is 24.0 Å². The molecule has 1 aliphatic carbocycles. The minimum Gasteiger partial charge on any atom is -0.466 e. The molecule has 0 bridgehead atoms. The molecule has 1 aliphatic heterocycles. The molecule has 1 saturated heterocycles. The van der Waals surface area contributed by atoms with Gasteiger partial charge < -0.3 is 20.0 Å². The number of carbonyl (C=O) groups excluding carboxylic acids is 1. The SMILES string of the molecule is CCNC(=NCc1cc(C)oc1C)NC1CCN(C(=O)C2CCCC2)C1.I. The van der Waals surface area contributed by atoms with Crippen LogP contribution in [0.15, 0.2) is 15.5 Å². The van der Waals surface area contributed by atoms with Crippen molar-refractivity contribution in [3.63, 3.8) is 0 Å². The Balaban J connectivity index is 0.00000261. The molecule has 152 valence electrons. The van der Waals surface area contributed by atoms with Gasteiger partial charge >= 0.3 is 0 Å². The van der Waals surface area contributed by atoms with Gasteiger partial charge in [-0.05, 0) is 46.1 Å². The van der Waals surface area contributed by atoms with Crippen LogP contribution in [-0.2, 0) is 11.3 Å². The molecule has 2 fully saturated rings. The first-order chi connectivity index (χ1) is 12.6. The minimum atomic E-state index is 0. The third-order valence-corrected chi connectivity index (χ3v) is 5.44.